The minimum atomic E-state index is 0.0278. The number of rotatable bonds is 4. The zero-order valence-electron chi connectivity index (χ0n) is 9.44. The van der Waals surface area contributed by atoms with Gasteiger partial charge in [0, 0.05) is 0 Å². The van der Waals surface area contributed by atoms with Crippen LogP contribution in [0.25, 0.3) is 0 Å². The highest BCUT2D eigenvalue weighted by atomic mass is 16.5. The van der Waals surface area contributed by atoms with Gasteiger partial charge in [0.1, 0.15) is 0 Å². The van der Waals surface area contributed by atoms with Crippen LogP contribution in [0.3, 0.4) is 0 Å². The second kappa shape index (κ2) is 9.65. The topological polar surface area (TPSA) is 49.7 Å². The Kier molecular flexibility index (Phi) is 9.07. The Hall–Kier alpha value is -0.900. The van der Waals surface area contributed by atoms with Crippen molar-refractivity contribution < 1.29 is 14.9 Å². The molecule has 0 unspecified atom stereocenters. The summed E-state index contributed by atoms with van der Waals surface area (Å²) < 4.78 is 4.63. The van der Waals surface area contributed by atoms with Crippen molar-refractivity contribution >= 4 is 0 Å². The molecule has 0 aromatic heterocycles. The average Bonchev–Trinajstić information content (AvgIpc) is 2.24. The molecule has 0 aliphatic rings. The van der Waals surface area contributed by atoms with Crippen LogP contribution >= 0.6 is 0 Å². The lowest BCUT2D eigenvalue weighted by Crippen LogP contribution is -2.03. The smallest absolute Gasteiger partial charge is 0.0698 e. The van der Waals surface area contributed by atoms with Crippen molar-refractivity contribution in [1.29, 1.82) is 0 Å². The molecule has 2 N–H and O–H groups in total. The molecule has 0 atom stereocenters. The zero-order valence-corrected chi connectivity index (χ0v) is 9.44. The van der Waals surface area contributed by atoms with E-state index < -0.39 is 0 Å². The Bertz CT molecular complexity index is 206. The molecule has 0 saturated carbocycles. The maximum absolute atomic E-state index is 8.09. The molecule has 3 nitrogen and oxygen atoms in total. The average molecular weight is 212 g/mol. The molecule has 1 aromatic rings. The molecule has 0 aliphatic carbocycles. The predicted molar refractivity (Wildman–Crippen MR) is 60.9 cm³/mol. The fourth-order valence-electron chi connectivity index (χ4n) is 0.868. The van der Waals surface area contributed by atoms with E-state index >= 15 is 0 Å². The van der Waals surface area contributed by atoms with Crippen molar-refractivity contribution in [2.45, 2.75) is 13.8 Å². The van der Waals surface area contributed by atoms with Crippen LogP contribution in [0.15, 0.2) is 24.3 Å². The summed E-state index contributed by atoms with van der Waals surface area (Å²) in [6, 6.07) is 8.48. The number of hydrogen-bond donors (Lipinski definition) is 2. The van der Waals surface area contributed by atoms with Crippen LogP contribution in [0.4, 0.5) is 0 Å². The van der Waals surface area contributed by atoms with Gasteiger partial charge in [0.05, 0.1) is 26.4 Å². The lowest BCUT2D eigenvalue weighted by atomic mass is 10.2. The molecule has 1 rings (SSSR count). The van der Waals surface area contributed by atoms with Crippen molar-refractivity contribution in [3.05, 3.63) is 35.4 Å². The van der Waals surface area contributed by atoms with E-state index in [4.69, 9.17) is 10.2 Å². The predicted octanol–water partition coefficient (Wildman–Crippen LogP) is 1.29. The van der Waals surface area contributed by atoms with Gasteiger partial charge in [0.25, 0.3) is 0 Å². The van der Waals surface area contributed by atoms with Gasteiger partial charge in [-0.3, -0.25) is 0 Å². The minimum Gasteiger partial charge on any atom is -0.394 e. The molecule has 3 heteroatoms. The fourth-order valence-corrected chi connectivity index (χ4v) is 0.868. The normalized spacial score (nSPS) is 9.33. The zero-order chi connectivity index (χ0) is 11.5. The molecular weight excluding hydrogens is 192 g/mol. The van der Waals surface area contributed by atoms with Gasteiger partial charge in [-0.05, 0) is 13.8 Å². The molecule has 0 spiro atoms. The monoisotopic (exact) mass is 212 g/mol. The Morgan fingerprint density at radius 1 is 0.867 bits per heavy atom. The van der Waals surface area contributed by atoms with Gasteiger partial charge in [-0.25, -0.2) is 0 Å². The summed E-state index contributed by atoms with van der Waals surface area (Å²) in [4.78, 5) is 0. The van der Waals surface area contributed by atoms with E-state index in [1.54, 1.807) is 0 Å². The Balaban J connectivity index is 0.000000265. The number of ether oxygens (including phenoxy) is 1. The molecule has 0 radical (unpaired) electrons. The molecule has 0 aliphatic heterocycles. The highest BCUT2D eigenvalue weighted by Crippen LogP contribution is 1.99. The molecule has 0 saturated heterocycles. The summed E-state index contributed by atoms with van der Waals surface area (Å²) in [5, 5.41) is 16.2. The third-order valence-corrected chi connectivity index (χ3v) is 1.69. The first kappa shape index (κ1) is 14.1. The van der Waals surface area contributed by atoms with E-state index in [-0.39, 0.29) is 13.2 Å². The number of benzene rings is 1. The molecule has 0 fully saturated rings. The van der Waals surface area contributed by atoms with Crippen LogP contribution < -0.4 is 0 Å². The highest BCUT2D eigenvalue weighted by Gasteiger charge is 1.80. The van der Waals surface area contributed by atoms with E-state index in [1.807, 2.05) is 0 Å². The first-order valence-corrected chi connectivity index (χ1v) is 5.03. The summed E-state index contributed by atoms with van der Waals surface area (Å²) >= 11 is 0. The van der Waals surface area contributed by atoms with Crippen LogP contribution in [0.1, 0.15) is 11.1 Å². The van der Waals surface area contributed by atoms with Crippen molar-refractivity contribution in [3.8, 4) is 0 Å². The summed E-state index contributed by atoms with van der Waals surface area (Å²) in [5.41, 5.74) is 2.66. The Labute approximate surface area is 91.3 Å². The quantitative estimate of drug-likeness (QED) is 0.739. The van der Waals surface area contributed by atoms with Crippen LogP contribution in [0, 0.1) is 13.8 Å². The molecule has 0 heterocycles. The van der Waals surface area contributed by atoms with Gasteiger partial charge >= 0.3 is 0 Å². The van der Waals surface area contributed by atoms with Gasteiger partial charge in [0.2, 0.25) is 0 Å². The molecule has 0 bridgehead atoms. The summed E-state index contributed by atoms with van der Waals surface area (Å²) in [6.45, 7) is 4.89. The lowest BCUT2D eigenvalue weighted by molar-refractivity contribution is 0.0650. The van der Waals surface area contributed by atoms with Crippen molar-refractivity contribution in [1.82, 2.24) is 0 Å². The second-order valence-electron chi connectivity index (χ2n) is 3.21. The first-order chi connectivity index (χ1) is 7.20. The van der Waals surface area contributed by atoms with Crippen molar-refractivity contribution in [2.24, 2.45) is 0 Å². The van der Waals surface area contributed by atoms with Crippen LogP contribution in [0.2, 0.25) is 0 Å². The standard InChI is InChI=1S/C8H10.C4H10O3/c1-7-3-5-8(2)6-4-7;5-1-3-7-4-2-6/h3-6H,1-2H3;5-6H,1-4H2. The summed E-state index contributed by atoms with van der Waals surface area (Å²) in [5.74, 6) is 0. The Morgan fingerprint density at radius 3 is 1.47 bits per heavy atom. The maximum atomic E-state index is 8.09. The van der Waals surface area contributed by atoms with E-state index in [2.05, 4.69) is 42.8 Å². The number of aliphatic hydroxyl groups excluding tert-OH is 2. The van der Waals surface area contributed by atoms with Crippen LogP contribution in [0.5, 0.6) is 0 Å². The molecular formula is C12H20O3. The Morgan fingerprint density at radius 2 is 1.20 bits per heavy atom. The number of hydrogen-bond acceptors (Lipinski definition) is 3. The third kappa shape index (κ3) is 9.41. The van der Waals surface area contributed by atoms with Gasteiger partial charge < -0.3 is 14.9 Å². The first-order valence-electron chi connectivity index (χ1n) is 5.03. The third-order valence-electron chi connectivity index (χ3n) is 1.69. The van der Waals surface area contributed by atoms with Crippen LogP contribution in [-0.4, -0.2) is 36.6 Å². The molecule has 15 heavy (non-hydrogen) atoms. The van der Waals surface area contributed by atoms with E-state index in [1.165, 1.54) is 11.1 Å². The summed E-state index contributed by atoms with van der Waals surface area (Å²) in [7, 11) is 0. The van der Waals surface area contributed by atoms with Gasteiger partial charge in [0.15, 0.2) is 0 Å². The van der Waals surface area contributed by atoms with Gasteiger partial charge in [-0.15, -0.1) is 0 Å². The minimum absolute atomic E-state index is 0.0278. The molecule has 1 aromatic carbocycles. The SMILES string of the molecule is Cc1ccc(C)cc1.OCCOCCO. The van der Waals surface area contributed by atoms with Crippen LogP contribution in [-0.2, 0) is 4.74 Å². The largest absolute Gasteiger partial charge is 0.394 e. The molecule has 0 amide bonds. The van der Waals surface area contributed by atoms with E-state index in [9.17, 15) is 0 Å². The van der Waals surface area contributed by atoms with E-state index in [0.717, 1.165) is 0 Å². The maximum Gasteiger partial charge on any atom is 0.0698 e. The fraction of sp³-hybridized carbons (Fsp3) is 0.500. The second-order valence-corrected chi connectivity index (χ2v) is 3.21. The number of aryl methyl sites for hydroxylation is 2. The summed E-state index contributed by atoms with van der Waals surface area (Å²) in [6.07, 6.45) is 0. The van der Waals surface area contributed by atoms with Gasteiger partial charge in [-0.2, -0.15) is 0 Å². The molecule has 86 valence electrons. The lowest BCUT2D eigenvalue weighted by Gasteiger charge is -1.94. The van der Waals surface area contributed by atoms with Crippen molar-refractivity contribution in [2.75, 3.05) is 26.4 Å². The number of aliphatic hydroxyl groups is 2. The van der Waals surface area contributed by atoms with E-state index in [0.29, 0.717) is 13.2 Å². The highest BCUT2D eigenvalue weighted by molar-refractivity contribution is 5.19. The van der Waals surface area contributed by atoms with Gasteiger partial charge in [-0.1, -0.05) is 35.4 Å². The van der Waals surface area contributed by atoms with Crippen molar-refractivity contribution in [3.63, 3.8) is 0 Å².